The maximum Gasteiger partial charge on any atom is 0.0834 e. The van der Waals surface area contributed by atoms with Gasteiger partial charge in [0.2, 0.25) is 0 Å². The van der Waals surface area contributed by atoms with E-state index in [1.165, 1.54) is 0 Å². The Morgan fingerprint density at radius 2 is 2.00 bits per heavy atom. The van der Waals surface area contributed by atoms with E-state index in [0.717, 1.165) is 16.5 Å². The molecule has 84 valence electrons. The quantitative estimate of drug-likeness (QED) is 0.863. The average Bonchev–Trinajstić information content (AvgIpc) is 2.29. The van der Waals surface area contributed by atoms with Crippen LogP contribution in [0, 0.1) is 5.92 Å². The minimum atomic E-state index is -0.505. The van der Waals surface area contributed by atoms with Gasteiger partial charge in [-0.05, 0) is 24.1 Å². The Morgan fingerprint density at radius 3 is 2.69 bits per heavy atom. The van der Waals surface area contributed by atoms with E-state index in [1.54, 1.807) is 6.20 Å². The topological polar surface area (TPSA) is 33.1 Å². The highest BCUT2D eigenvalue weighted by Gasteiger charge is 2.16. The standard InChI is InChI=1S/C13H14ClNO/c1-8(2)13(16)10-5-6-11(14)9-4-3-7-15-12(9)10/h3-8,13,16H,1-2H3. The van der Waals surface area contributed by atoms with Crippen LogP contribution in [-0.4, -0.2) is 10.1 Å². The second-order valence-corrected chi connectivity index (χ2v) is 4.63. The zero-order valence-electron chi connectivity index (χ0n) is 9.31. The smallest absolute Gasteiger partial charge is 0.0834 e. The van der Waals surface area contributed by atoms with Crippen molar-refractivity contribution in [3.8, 4) is 0 Å². The highest BCUT2D eigenvalue weighted by atomic mass is 35.5. The first-order valence-corrected chi connectivity index (χ1v) is 5.70. The minimum absolute atomic E-state index is 0.159. The van der Waals surface area contributed by atoms with Gasteiger partial charge < -0.3 is 5.11 Å². The number of aliphatic hydroxyl groups is 1. The molecule has 2 rings (SSSR count). The molecule has 1 N–H and O–H groups in total. The van der Waals surface area contributed by atoms with Crippen molar-refractivity contribution in [3.05, 3.63) is 41.0 Å². The molecule has 16 heavy (non-hydrogen) atoms. The lowest BCUT2D eigenvalue weighted by molar-refractivity contribution is 0.128. The molecule has 0 fully saturated rings. The van der Waals surface area contributed by atoms with Crippen LogP contribution in [0.25, 0.3) is 10.9 Å². The zero-order valence-corrected chi connectivity index (χ0v) is 10.1. The molecule has 2 aromatic rings. The van der Waals surface area contributed by atoms with Crippen molar-refractivity contribution in [2.45, 2.75) is 20.0 Å². The fourth-order valence-corrected chi connectivity index (χ4v) is 1.97. The summed E-state index contributed by atoms with van der Waals surface area (Å²) >= 11 is 6.09. The number of fused-ring (bicyclic) bond motifs is 1. The van der Waals surface area contributed by atoms with E-state index < -0.39 is 6.10 Å². The molecule has 1 aromatic heterocycles. The van der Waals surface area contributed by atoms with Gasteiger partial charge in [0.25, 0.3) is 0 Å². The van der Waals surface area contributed by atoms with E-state index in [1.807, 2.05) is 38.1 Å². The first kappa shape index (κ1) is 11.4. The van der Waals surface area contributed by atoms with Gasteiger partial charge in [-0.2, -0.15) is 0 Å². The van der Waals surface area contributed by atoms with Crippen LogP contribution in [0.3, 0.4) is 0 Å². The molecule has 0 spiro atoms. The molecule has 1 unspecified atom stereocenters. The third-order valence-corrected chi connectivity index (χ3v) is 3.03. The summed E-state index contributed by atoms with van der Waals surface area (Å²) in [5.41, 5.74) is 1.63. The molecule has 1 atom stereocenters. The van der Waals surface area contributed by atoms with E-state index in [9.17, 15) is 5.11 Å². The maximum absolute atomic E-state index is 10.1. The van der Waals surface area contributed by atoms with Gasteiger partial charge in [0.05, 0.1) is 11.6 Å². The van der Waals surface area contributed by atoms with Crippen molar-refractivity contribution in [2.75, 3.05) is 0 Å². The number of aromatic nitrogens is 1. The molecule has 0 saturated carbocycles. The lowest BCUT2D eigenvalue weighted by Crippen LogP contribution is -2.06. The number of aliphatic hydroxyl groups excluding tert-OH is 1. The number of hydrogen-bond acceptors (Lipinski definition) is 2. The number of halogens is 1. The third-order valence-electron chi connectivity index (χ3n) is 2.70. The number of nitrogens with zero attached hydrogens (tertiary/aromatic N) is 1. The molecule has 3 heteroatoms. The lowest BCUT2D eigenvalue weighted by Gasteiger charge is -2.16. The SMILES string of the molecule is CC(C)C(O)c1ccc(Cl)c2cccnc12. The molecule has 0 amide bonds. The van der Waals surface area contributed by atoms with Crippen molar-refractivity contribution in [1.29, 1.82) is 0 Å². The van der Waals surface area contributed by atoms with Crippen LogP contribution in [0.5, 0.6) is 0 Å². The van der Waals surface area contributed by atoms with E-state index in [2.05, 4.69) is 4.98 Å². The summed E-state index contributed by atoms with van der Waals surface area (Å²) in [5, 5.41) is 11.7. The largest absolute Gasteiger partial charge is 0.388 e. The molecular weight excluding hydrogens is 222 g/mol. The van der Waals surface area contributed by atoms with E-state index in [4.69, 9.17) is 11.6 Å². The predicted octanol–water partition coefficient (Wildman–Crippen LogP) is 3.58. The van der Waals surface area contributed by atoms with Crippen LogP contribution < -0.4 is 0 Å². The van der Waals surface area contributed by atoms with Crippen molar-refractivity contribution in [1.82, 2.24) is 4.98 Å². The molecule has 1 heterocycles. The Kier molecular flexibility index (Phi) is 3.13. The van der Waals surface area contributed by atoms with Crippen LogP contribution in [0.1, 0.15) is 25.5 Å². The zero-order chi connectivity index (χ0) is 11.7. The summed E-state index contributed by atoms with van der Waals surface area (Å²) in [5.74, 6) is 0.159. The summed E-state index contributed by atoms with van der Waals surface area (Å²) in [6.07, 6.45) is 1.21. The average molecular weight is 236 g/mol. The fraction of sp³-hybridized carbons (Fsp3) is 0.308. The van der Waals surface area contributed by atoms with Crippen LogP contribution in [0.15, 0.2) is 30.5 Å². The Balaban J connectivity index is 2.67. The Labute approximate surface area is 99.9 Å². The van der Waals surface area contributed by atoms with Crippen molar-refractivity contribution < 1.29 is 5.11 Å². The van der Waals surface area contributed by atoms with Gasteiger partial charge in [0.15, 0.2) is 0 Å². The highest BCUT2D eigenvalue weighted by Crippen LogP contribution is 2.31. The number of hydrogen-bond donors (Lipinski definition) is 1. The second-order valence-electron chi connectivity index (χ2n) is 4.23. The van der Waals surface area contributed by atoms with Gasteiger partial charge in [0.1, 0.15) is 0 Å². The van der Waals surface area contributed by atoms with Crippen LogP contribution in [-0.2, 0) is 0 Å². The molecule has 0 aliphatic heterocycles. The van der Waals surface area contributed by atoms with Crippen molar-refractivity contribution >= 4 is 22.5 Å². The minimum Gasteiger partial charge on any atom is -0.388 e. The van der Waals surface area contributed by atoms with E-state index in [-0.39, 0.29) is 5.92 Å². The van der Waals surface area contributed by atoms with Gasteiger partial charge >= 0.3 is 0 Å². The van der Waals surface area contributed by atoms with Crippen LogP contribution in [0.2, 0.25) is 5.02 Å². The fourth-order valence-electron chi connectivity index (χ4n) is 1.76. The summed E-state index contributed by atoms with van der Waals surface area (Å²) in [4.78, 5) is 4.30. The molecular formula is C13H14ClNO. The number of benzene rings is 1. The van der Waals surface area contributed by atoms with Crippen molar-refractivity contribution in [3.63, 3.8) is 0 Å². The predicted molar refractivity (Wildman–Crippen MR) is 66.6 cm³/mol. The van der Waals surface area contributed by atoms with Gasteiger partial charge in [-0.3, -0.25) is 4.98 Å². The molecule has 1 aromatic carbocycles. The lowest BCUT2D eigenvalue weighted by atomic mass is 9.97. The Bertz CT molecular complexity index is 510. The van der Waals surface area contributed by atoms with Gasteiger partial charge in [0, 0.05) is 22.2 Å². The number of rotatable bonds is 2. The number of pyridine rings is 1. The van der Waals surface area contributed by atoms with Gasteiger partial charge in [-0.25, -0.2) is 0 Å². The van der Waals surface area contributed by atoms with Gasteiger partial charge in [-0.1, -0.05) is 31.5 Å². The van der Waals surface area contributed by atoms with Crippen molar-refractivity contribution in [2.24, 2.45) is 5.92 Å². The second kappa shape index (κ2) is 4.40. The summed E-state index contributed by atoms with van der Waals surface area (Å²) in [6, 6.07) is 7.43. The monoisotopic (exact) mass is 235 g/mol. The normalized spacial score (nSPS) is 13.3. The summed E-state index contributed by atoms with van der Waals surface area (Å²) in [6.45, 7) is 3.96. The molecule has 0 radical (unpaired) electrons. The molecule has 0 saturated heterocycles. The first-order chi connectivity index (χ1) is 7.61. The molecule has 0 aliphatic carbocycles. The summed E-state index contributed by atoms with van der Waals surface area (Å²) < 4.78 is 0. The third kappa shape index (κ3) is 1.91. The van der Waals surface area contributed by atoms with E-state index in [0.29, 0.717) is 5.02 Å². The highest BCUT2D eigenvalue weighted by molar-refractivity contribution is 6.35. The Hall–Kier alpha value is -1.12. The molecule has 0 bridgehead atoms. The van der Waals surface area contributed by atoms with Crippen LogP contribution >= 0.6 is 11.6 Å². The molecule has 2 nitrogen and oxygen atoms in total. The first-order valence-electron chi connectivity index (χ1n) is 5.32. The van der Waals surface area contributed by atoms with E-state index >= 15 is 0 Å². The maximum atomic E-state index is 10.1. The van der Waals surface area contributed by atoms with Crippen LogP contribution in [0.4, 0.5) is 0 Å². The summed E-state index contributed by atoms with van der Waals surface area (Å²) in [7, 11) is 0. The molecule has 0 aliphatic rings. The van der Waals surface area contributed by atoms with Gasteiger partial charge in [-0.15, -0.1) is 0 Å². The Morgan fingerprint density at radius 1 is 1.25 bits per heavy atom.